The monoisotopic (exact) mass is 362 g/mol. The number of amides is 3. The zero-order valence-corrected chi connectivity index (χ0v) is 15.3. The van der Waals surface area contributed by atoms with E-state index >= 15 is 0 Å². The summed E-state index contributed by atoms with van der Waals surface area (Å²) in [7, 11) is 0. The molecule has 4 N–H and O–H groups in total. The number of primary amides is 1. The minimum Gasteiger partial charge on any atom is -0.375 e. The van der Waals surface area contributed by atoms with Crippen LogP contribution in [0.15, 0.2) is 30.3 Å². The normalized spacial score (nSPS) is 20.3. The molecule has 26 heavy (non-hydrogen) atoms. The van der Waals surface area contributed by atoms with Crippen molar-refractivity contribution in [3.63, 3.8) is 0 Å². The van der Waals surface area contributed by atoms with E-state index < -0.39 is 29.6 Å². The molecule has 1 aliphatic heterocycles. The Kier molecular flexibility index (Phi) is 5.99. The van der Waals surface area contributed by atoms with Gasteiger partial charge in [-0.05, 0) is 26.3 Å². The molecule has 1 aromatic carbocycles. The van der Waals surface area contributed by atoms with Crippen molar-refractivity contribution in [3.05, 3.63) is 35.9 Å². The van der Waals surface area contributed by atoms with Crippen LogP contribution in [0, 0.1) is 0 Å². The number of nitrogens with two attached hydrogens (primary N) is 2. The van der Waals surface area contributed by atoms with E-state index in [-0.39, 0.29) is 19.1 Å². The molecule has 8 nitrogen and oxygen atoms in total. The van der Waals surface area contributed by atoms with Crippen LogP contribution in [0.2, 0.25) is 0 Å². The smallest absolute Gasteiger partial charge is 0.247 e. The van der Waals surface area contributed by atoms with Crippen LogP contribution in [0.4, 0.5) is 0 Å². The van der Waals surface area contributed by atoms with Gasteiger partial charge in [-0.1, -0.05) is 30.3 Å². The maximum absolute atomic E-state index is 12.8. The number of hydrogen-bond donors (Lipinski definition) is 2. The van der Waals surface area contributed by atoms with E-state index in [4.69, 9.17) is 16.2 Å². The molecule has 8 heteroatoms. The Morgan fingerprint density at radius 3 is 2.46 bits per heavy atom. The van der Waals surface area contributed by atoms with Gasteiger partial charge in [0, 0.05) is 0 Å². The molecule has 1 aliphatic rings. The lowest BCUT2D eigenvalue weighted by Crippen LogP contribution is -2.58. The Balaban J connectivity index is 2.02. The summed E-state index contributed by atoms with van der Waals surface area (Å²) in [6.45, 7) is 5.10. The fourth-order valence-electron chi connectivity index (χ4n) is 3.23. The molecule has 3 amide bonds. The van der Waals surface area contributed by atoms with Crippen LogP contribution in [-0.2, 0) is 25.7 Å². The molecule has 0 spiro atoms. The highest BCUT2D eigenvalue weighted by Gasteiger charge is 2.52. The zero-order chi connectivity index (χ0) is 19.5. The van der Waals surface area contributed by atoms with Crippen LogP contribution in [0.5, 0.6) is 0 Å². The predicted molar refractivity (Wildman–Crippen MR) is 95.4 cm³/mol. The molecule has 1 heterocycles. The van der Waals surface area contributed by atoms with Crippen molar-refractivity contribution in [2.24, 2.45) is 11.5 Å². The average Bonchev–Trinajstić information content (AvgIpc) is 2.74. The van der Waals surface area contributed by atoms with Gasteiger partial charge in [-0.25, -0.2) is 0 Å². The minimum atomic E-state index is -1.00. The summed E-state index contributed by atoms with van der Waals surface area (Å²) >= 11 is 0. The Labute approximate surface area is 153 Å². The highest BCUT2D eigenvalue weighted by molar-refractivity contribution is 5.95. The summed E-state index contributed by atoms with van der Waals surface area (Å²) in [5.41, 5.74) is 11.2. The van der Waals surface area contributed by atoms with E-state index in [0.29, 0.717) is 6.61 Å². The van der Waals surface area contributed by atoms with E-state index in [1.54, 1.807) is 20.8 Å². The highest BCUT2D eigenvalue weighted by atomic mass is 16.5. The van der Waals surface area contributed by atoms with Crippen molar-refractivity contribution in [3.8, 4) is 0 Å². The third-order valence-corrected chi connectivity index (χ3v) is 4.54. The van der Waals surface area contributed by atoms with Gasteiger partial charge in [-0.3, -0.25) is 14.4 Å². The van der Waals surface area contributed by atoms with Gasteiger partial charge in [0.2, 0.25) is 17.7 Å². The zero-order valence-electron chi connectivity index (χ0n) is 15.3. The van der Waals surface area contributed by atoms with Crippen molar-refractivity contribution < 1.29 is 19.1 Å². The second-order valence-electron chi connectivity index (χ2n) is 6.88. The van der Waals surface area contributed by atoms with Gasteiger partial charge in [0.1, 0.15) is 24.3 Å². The number of nitrogens with zero attached hydrogens (tertiary/aromatic N) is 2. The van der Waals surface area contributed by atoms with Crippen LogP contribution >= 0.6 is 0 Å². The van der Waals surface area contributed by atoms with Crippen LogP contribution in [0.25, 0.3) is 0 Å². The van der Waals surface area contributed by atoms with E-state index in [9.17, 15) is 14.4 Å². The molecule has 2 unspecified atom stereocenters. The van der Waals surface area contributed by atoms with E-state index in [0.717, 1.165) is 5.56 Å². The van der Waals surface area contributed by atoms with Crippen molar-refractivity contribution in [1.29, 1.82) is 0 Å². The summed E-state index contributed by atoms with van der Waals surface area (Å²) in [6.07, 6.45) is 0. The Morgan fingerprint density at radius 1 is 1.27 bits per heavy atom. The summed E-state index contributed by atoms with van der Waals surface area (Å²) in [5.74, 6) is -1.38. The third kappa shape index (κ3) is 4.03. The number of ether oxygens (including phenoxy) is 1. The molecule has 1 fully saturated rings. The molecule has 0 aromatic heterocycles. The second kappa shape index (κ2) is 7.84. The SMILES string of the molecule is CC1C(=O)N(CC(N)=O)C(C)(C)N1C(=O)C(N)COCc1ccccc1. The summed E-state index contributed by atoms with van der Waals surface area (Å²) in [6, 6.07) is 7.90. The van der Waals surface area contributed by atoms with E-state index in [2.05, 4.69) is 0 Å². The van der Waals surface area contributed by atoms with E-state index in [1.165, 1.54) is 9.80 Å². The first kappa shape index (κ1) is 19.9. The topological polar surface area (TPSA) is 119 Å². The van der Waals surface area contributed by atoms with Gasteiger partial charge in [-0.15, -0.1) is 0 Å². The molecule has 0 saturated carbocycles. The van der Waals surface area contributed by atoms with Crippen molar-refractivity contribution in [1.82, 2.24) is 9.80 Å². The number of carbonyl (C=O) groups is 3. The quantitative estimate of drug-likeness (QED) is 0.697. The third-order valence-electron chi connectivity index (χ3n) is 4.54. The first-order valence-electron chi connectivity index (χ1n) is 8.46. The van der Waals surface area contributed by atoms with Crippen LogP contribution < -0.4 is 11.5 Å². The van der Waals surface area contributed by atoms with Crippen molar-refractivity contribution in [2.45, 2.75) is 45.1 Å². The number of benzene rings is 1. The first-order chi connectivity index (χ1) is 12.2. The van der Waals surface area contributed by atoms with Gasteiger partial charge in [0.15, 0.2) is 0 Å². The molecule has 1 saturated heterocycles. The van der Waals surface area contributed by atoms with Gasteiger partial charge in [0.05, 0.1) is 13.2 Å². The predicted octanol–water partition coefficient (Wildman–Crippen LogP) is -0.189. The fourth-order valence-corrected chi connectivity index (χ4v) is 3.23. The molecule has 0 radical (unpaired) electrons. The minimum absolute atomic E-state index is 0.0248. The molecule has 2 atom stereocenters. The standard InChI is InChI=1S/C18H26N4O4/c1-12-16(24)21(9-15(20)23)18(2,3)22(12)17(25)14(19)11-26-10-13-7-5-4-6-8-13/h4-8,12,14H,9-11,19H2,1-3H3,(H2,20,23). The molecule has 0 aliphatic carbocycles. The molecular formula is C18H26N4O4. The first-order valence-corrected chi connectivity index (χ1v) is 8.46. The van der Waals surface area contributed by atoms with Crippen LogP contribution in [0.3, 0.4) is 0 Å². The lowest BCUT2D eigenvalue weighted by atomic mass is 10.1. The van der Waals surface area contributed by atoms with Gasteiger partial charge in [-0.2, -0.15) is 0 Å². The lowest BCUT2D eigenvalue weighted by Gasteiger charge is -2.38. The second-order valence-corrected chi connectivity index (χ2v) is 6.88. The van der Waals surface area contributed by atoms with Crippen molar-refractivity contribution in [2.75, 3.05) is 13.2 Å². The van der Waals surface area contributed by atoms with E-state index in [1.807, 2.05) is 30.3 Å². The summed E-state index contributed by atoms with van der Waals surface area (Å²) < 4.78 is 5.54. The van der Waals surface area contributed by atoms with Crippen LogP contribution in [-0.4, -0.2) is 58.4 Å². The fraction of sp³-hybridized carbons (Fsp3) is 0.500. The number of hydrogen-bond acceptors (Lipinski definition) is 5. The lowest BCUT2D eigenvalue weighted by molar-refractivity contribution is -0.143. The van der Waals surface area contributed by atoms with Crippen LogP contribution in [0.1, 0.15) is 26.3 Å². The summed E-state index contributed by atoms with van der Waals surface area (Å²) in [4.78, 5) is 39.2. The number of carbonyl (C=O) groups excluding carboxylic acids is 3. The largest absolute Gasteiger partial charge is 0.375 e. The Hall–Kier alpha value is -2.45. The highest BCUT2D eigenvalue weighted by Crippen LogP contribution is 2.31. The molecular weight excluding hydrogens is 336 g/mol. The molecule has 1 aromatic rings. The average molecular weight is 362 g/mol. The Morgan fingerprint density at radius 2 is 1.88 bits per heavy atom. The van der Waals surface area contributed by atoms with Gasteiger partial charge >= 0.3 is 0 Å². The molecule has 2 rings (SSSR count). The number of rotatable bonds is 7. The van der Waals surface area contributed by atoms with Gasteiger partial charge in [0.25, 0.3) is 0 Å². The summed E-state index contributed by atoms with van der Waals surface area (Å²) in [5, 5.41) is 0. The molecule has 142 valence electrons. The maximum atomic E-state index is 12.8. The van der Waals surface area contributed by atoms with Gasteiger partial charge < -0.3 is 26.0 Å². The maximum Gasteiger partial charge on any atom is 0.247 e. The molecule has 0 bridgehead atoms. The Bertz CT molecular complexity index is 677. The van der Waals surface area contributed by atoms with Crippen molar-refractivity contribution >= 4 is 17.7 Å².